The summed E-state index contributed by atoms with van der Waals surface area (Å²) in [5, 5.41) is 0. The first kappa shape index (κ1) is 7.35. The molecule has 1 fully saturated rings. The highest BCUT2D eigenvalue weighted by Crippen LogP contribution is 2.45. The molecule has 3 rings (SSSR count). The van der Waals surface area contributed by atoms with Crippen molar-refractivity contribution in [3.63, 3.8) is 0 Å². The molecule has 2 heteroatoms. The van der Waals surface area contributed by atoms with Crippen LogP contribution in [0.25, 0.3) is 0 Å². The molecule has 0 aromatic heterocycles. The van der Waals surface area contributed by atoms with Gasteiger partial charge in [-0.3, -0.25) is 0 Å². The van der Waals surface area contributed by atoms with Gasteiger partial charge in [-0.1, -0.05) is 12.2 Å². The Hall–Kier alpha value is -0.300. The molecule has 0 spiro atoms. The third-order valence-electron chi connectivity index (χ3n) is 2.85. The van der Waals surface area contributed by atoms with Gasteiger partial charge in [0, 0.05) is 5.92 Å². The number of carbonyl (C=O) groups excluding carboxylic acids is 1. The zero-order valence-corrected chi connectivity index (χ0v) is 7.05. The SMILES string of the molecule is O=C[C@@]1(Cl)C[C@@H]2C=C[C@H]1CC2. The summed E-state index contributed by atoms with van der Waals surface area (Å²) in [7, 11) is 0. The number of rotatable bonds is 1. The second kappa shape index (κ2) is 2.34. The topological polar surface area (TPSA) is 17.1 Å². The van der Waals surface area contributed by atoms with Gasteiger partial charge in [0.05, 0.1) is 0 Å². The van der Waals surface area contributed by atoms with E-state index >= 15 is 0 Å². The monoisotopic (exact) mass is 170 g/mol. The number of halogens is 1. The summed E-state index contributed by atoms with van der Waals surface area (Å²) in [4.78, 5) is 10.1. The van der Waals surface area contributed by atoms with Gasteiger partial charge in [-0.25, -0.2) is 0 Å². The van der Waals surface area contributed by atoms with Crippen LogP contribution in [0.2, 0.25) is 0 Å². The molecule has 2 bridgehead atoms. The Labute approximate surface area is 71.4 Å². The van der Waals surface area contributed by atoms with E-state index in [2.05, 4.69) is 12.2 Å². The molecule has 1 saturated carbocycles. The third kappa shape index (κ3) is 1.02. The molecule has 3 aliphatic carbocycles. The summed E-state index contributed by atoms with van der Waals surface area (Å²) < 4.78 is 0. The molecule has 0 amide bonds. The first-order valence-corrected chi connectivity index (χ1v) is 4.46. The summed E-state index contributed by atoms with van der Waals surface area (Å²) in [6.45, 7) is 0. The molecule has 0 aromatic rings. The summed E-state index contributed by atoms with van der Waals surface area (Å²) >= 11 is 6.14. The van der Waals surface area contributed by atoms with Crippen LogP contribution in [-0.4, -0.2) is 11.2 Å². The number of alkyl halides is 1. The zero-order chi connectivity index (χ0) is 7.90. The zero-order valence-electron chi connectivity index (χ0n) is 6.29. The number of carbonyl (C=O) groups is 1. The molecular formula is C9H11ClO. The van der Waals surface area contributed by atoms with E-state index in [-0.39, 0.29) is 0 Å². The van der Waals surface area contributed by atoms with Crippen molar-refractivity contribution in [1.29, 1.82) is 0 Å². The van der Waals surface area contributed by atoms with Gasteiger partial charge in [0.1, 0.15) is 11.2 Å². The maximum atomic E-state index is 10.7. The Balaban J connectivity index is 2.29. The van der Waals surface area contributed by atoms with Crippen molar-refractivity contribution in [2.24, 2.45) is 11.8 Å². The van der Waals surface area contributed by atoms with Gasteiger partial charge in [-0.2, -0.15) is 0 Å². The molecular weight excluding hydrogens is 160 g/mol. The fraction of sp³-hybridized carbons (Fsp3) is 0.667. The molecule has 0 unspecified atom stereocenters. The number of hydrogen-bond acceptors (Lipinski definition) is 1. The predicted octanol–water partition coefficient (Wildman–Crippen LogP) is 2.15. The minimum Gasteiger partial charge on any atom is -0.301 e. The van der Waals surface area contributed by atoms with E-state index in [0.717, 1.165) is 19.1 Å². The molecule has 11 heavy (non-hydrogen) atoms. The smallest absolute Gasteiger partial charge is 0.141 e. The van der Waals surface area contributed by atoms with E-state index in [1.54, 1.807) is 0 Å². The lowest BCUT2D eigenvalue weighted by atomic mass is 9.69. The molecule has 0 N–H and O–H groups in total. The van der Waals surface area contributed by atoms with Crippen molar-refractivity contribution in [3.05, 3.63) is 12.2 Å². The van der Waals surface area contributed by atoms with E-state index in [1.165, 1.54) is 6.42 Å². The molecule has 60 valence electrons. The lowest BCUT2D eigenvalue weighted by Crippen LogP contribution is -2.41. The molecule has 0 heterocycles. The van der Waals surface area contributed by atoms with E-state index in [4.69, 9.17) is 11.6 Å². The van der Waals surface area contributed by atoms with E-state index in [0.29, 0.717) is 11.8 Å². The van der Waals surface area contributed by atoms with Gasteiger partial charge in [0.2, 0.25) is 0 Å². The molecule has 0 saturated heterocycles. The number of aldehydes is 1. The summed E-state index contributed by atoms with van der Waals surface area (Å²) in [6, 6.07) is 0. The predicted molar refractivity (Wildman–Crippen MR) is 44.6 cm³/mol. The van der Waals surface area contributed by atoms with Crippen LogP contribution in [0, 0.1) is 11.8 Å². The van der Waals surface area contributed by atoms with Crippen LogP contribution >= 0.6 is 11.6 Å². The molecule has 3 atom stereocenters. The van der Waals surface area contributed by atoms with Crippen LogP contribution in [-0.2, 0) is 4.79 Å². The fourth-order valence-electron chi connectivity index (χ4n) is 2.14. The van der Waals surface area contributed by atoms with Crippen LogP contribution in [0.3, 0.4) is 0 Å². The Morgan fingerprint density at radius 2 is 2.27 bits per heavy atom. The highest BCUT2D eigenvalue weighted by Gasteiger charge is 2.43. The first-order valence-electron chi connectivity index (χ1n) is 4.08. The maximum Gasteiger partial charge on any atom is 0.141 e. The van der Waals surface area contributed by atoms with Crippen molar-refractivity contribution in [2.75, 3.05) is 0 Å². The standard InChI is InChI=1S/C9H11ClO/c10-9(6-11)5-7-1-3-8(9)4-2-7/h1,3,6-8H,2,4-5H2/t7-,8+,9+/m1/s1. The quantitative estimate of drug-likeness (QED) is 0.335. The Morgan fingerprint density at radius 1 is 1.45 bits per heavy atom. The van der Waals surface area contributed by atoms with E-state index in [9.17, 15) is 4.79 Å². The van der Waals surface area contributed by atoms with E-state index in [1.807, 2.05) is 0 Å². The minimum absolute atomic E-state index is 0.298. The van der Waals surface area contributed by atoms with Crippen LogP contribution in [0.4, 0.5) is 0 Å². The minimum atomic E-state index is -0.558. The molecule has 1 nitrogen and oxygen atoms in total. The Kier molecular flexibility index (Phi) is 1.57. The van der Waals surface area contributed by atoms with Crippen molar-refractivity contribution in [1.82, 2.24) is 0 Å². The summed E-state index contributed by atoms with van der Waals surface area (Å²) in [6.07, 6.45) is 8.39. The maximum absolute atomic E-state index is 10.7. The highest BCUT2D eigenvalue weighted by molar-refractivity contribution is 6.32. The Bertz CT molecular complexity index is 212. The van der Waals surface area contributed by atoms with Gasteiger partial charge in [0.15, 0.2) is 0 Å². The molecule has 3 aliphatic rings. The number of allylic oxidation sites excluding steroid dienone is 2. The molecule has 0 aromatic carbocycles. The fourth-order valence-corrected chi connectivity index (χ4v) is 2.52. The van der Waals surface area contributed by atoms with Crippen LogP contribution in [0.1, 0.15) is 19.3 Å². The van der Waals surface area contributed by atoms with Gasteiger partial charge in [0.25, 0.3) is 0 Å². The van der Waals surface area contributed by atoms with Crippen molar-refractivity contribution in [2.45, 2.75) is 24.1 Å². The second-order valence-corrected chi connectivity index (χ2v) is 4.28. The van der Waals surface area contributed by atoms with E-state index < -0.39 is 4.87 Å². The van der Waals surface area contributed by atoms with Crippen LogP contribution in [0.5, 0.6) is 0 Å². The number of fused-ring (bicyclic) bond motifs is 2. The largest absolute Gasteiger partial charge is 0.301 e. The summed E-state index contributed by atoms with van der Waals surface area (Å²) in [5.41, 5.74) is 0. The van der Waals surface area contributed by atoms with Crippen LogP contribution in [0.15, 0.2) is 12.2 Å². The van der Waals surface area contributed by atoms with Crippen LogP contribution < -0.4 is 0 Å². The molecule has 0 aliphatic heterocycles. The van der Waals surface area contributed by atoms with Gasteiger partial charge in [-0.05, 0) is 25.2 Å². The average molecular weight is 171 g/mol. The summed E-state index contributed by atoms with van der Waals surface area (Å²) in [5.74, 6) is 0.856. The van der Waals surface area contributed by atoms with Crippen molar-refractivity contribution >= 4 is 17.9 Å². The lowest BCUT2D eigenvalue weighted by Gasteiger charge is -2.40. The van der Waals surface area contributed by atoms with Gasteiger partial charge in [-0.15, -0.1) is 11.6 Å². The number of hydrogen-bond donors (Lipinski definition) is 0. The van der Waals surface area contributed by atoms with Gasteiger partial charge >= 0.3 is 0 Å². The highest BCUT2D eigenvalue weighted by atomic mass is 35.5. The average Bonchev–Trinajstić information content (AvgIpc) is 2.06. The first-order chi connectivity index (χ1) is 5.24. The normalized spacial score (nSPS) is 47.7. The Morgan fingerprint density at radius 3 is 2.55 bits per heavy atom. The van der Waals surface area contributed by atoms with Crippen molar-refractivity contribution < 1.29 is 4.79 Å². The lowest BCUT2D eigenvalue weighted by molar-refractivity contribution is -0.112. The molecule has 0 radical (unpaired) electrons. The second-order valence-electron chi connectivity index (χ2n) is 3.58. The van der Waals surface area contributed by atoms with Gasteiger partial charge < -0.3 is 4.79 Å². The van der Waals surface area contributed by atoms with Crippen molar-refractivity contribution in [3.8, 4) is 0 Å². The third-order valence-corrected chi connectivity index (χ3v) is 3.38.